The fourth-order valence-electron chi connectivity index (χ4n) is 3.87. The van der Waals surface area contributed by atoms with Crippen LogP contribution in [0.5, 0.6) is 0 Å². The third kappa shape index (κ3) is 5.04. The Morgan fingerprint density at radius 1 is 1.16 bits per heavy atom. The minimum Gasteiger partial charge on any atom is -0.369 e. The predicted molar refractivity (Wildman–Crippen MR) is 121 cm³/mol. The smallest absolute Gasteiger partial charge is 0.254 e. The summed E-state index contributed by atoms with van der Waals surface area (Å²) in [5.41, 5.74) is 7.57. The van der Waals surface area contributed by atoms with Gasteiger partial charge in [-0.1, -0.05) is 0 Å². The van der Waals surface area contributed by atoms with Crippen molar-refractivity contribution in [1.82, 2.24) is 15.3 Å². The van der Waals surface area contributed by atoms with E-state index < -0.39 is 5.91 Å². The number of rotatable bonds is 8. The number of likely N-dealkylation sites (N-methyl/N-ethyl adjacent to an activating group) is 1. The molecule has 1 saturated carbocycles. The maximum absolute atomic E-state index is 12.2. The Labute approximate surface area is 181 Å². The first-order valence-electron chi connectivity index (χ1n) is 10.8. The highest BCUT2D eigenvalue weighted by Gasteiger charge is 2.28. The molecule has 0 radical (unpaired) electrons. The summed E-state index contributed by atoms with van der Waals surface area (Å²) in [6.07, 6.45) is 6.83. The van der Waals surface area contributed by atoms with E-state index in [2.05, 4.69) is 30.8 Å². The normalized spacial score (nSPS) is 18.4. The number of carbonyl (C=O) groups is 2. The summed E-state index contributed by atoms with van der Waals surface area (Å²) in [5, 5.41) is 9.17. The molecule has 1 aromatic heterocycles. The zero-order chi connectivity index (χ0) is 21.8. The minimum atomic E-state index is -0.554. The van der Waals surface area contributed by atoms with Crippen molar-refractivity contribution in [3.8, 4) is 0 Å². The number of piperidine rings is 1. The third-order valence-corrected chi connectivity index (χ3v) is 5.82. The molecule has 9 nitrogen and oxygen atoms in total. The van der Waals surface area contributed by atoms with Crippen LogP contribution < -0.4 is 26.6 Å². The summed E-state index contributed by atoms with van der Waals surface area (Å²) < 4.78 is 0. The van der Waals surface area contributed by atoms with Gasteiger partial charge in [-0.2, -0.15) is 4.98 Å². The number of carbonyl (C=O) groups excluding carboxylic acids is 2. The van der Waals surface area contributed by atoms with Crippen molar-refractivity contribution >= 4 is 35.0 Å². The molecule has 164 valence electrons. The predicted octanol–water partition coefficient (Wildman–Crippen LogP) is 2.25. The first kappa shape index (κ1) is 20.9. The quantitative estimate of drug-likeness (QED) is 0.513. The van der Waals surface area contributed by atoms with Crippen molar-refractivity contribution < 1.29 is 9.59 Å². The van der Waals surface area contributed by atoms with Gasteiger partial charge in [-0.3, -0.25) is 9.59 Å². The minimum absolute atomic E-state index is 0.0519. The molecule has 1 aromatic carbocycles. The molecule has 0 unspecified atom stereocenters. The number of anilines is 4. The van der Waals surface area contributed by atoms with Crippen LogP contribution in [0.4, 0.5) is 23.1 Å². The second-order valence-corrected chi connectivity index (χ2v) is 8.14. The Hall–Kier alpha value is -3.36. The van der Waals surface area contributed by atoms with Crippen LogP contribution in [-0.2, 0) is 4.79 Å². The molecule has 1 atom stereocenters. The molecule has 2 aliphatic rings. The topological polar surface area (TPSA) is 125 Å². The summed E-state index contributed by atoms with van der Waals surface area (Å²) in [5.74, 6) is 0.970. The van der Waals surface area contributed by atoms with Crippen molar-refractivity contribution in [3.63, 3.8) is 0 Å². The number of benzene rings is 1. The van der Waals surface area contributed by atoms with Gasteiger partial charge in [0, 0.05) is 37.7 Å². The van der Waals surface area contributed by atoms with Crippen LogP contribution in [0.2, 0.25) is 0 Å². The number of nitrogens with zero attached hydrogens (tertiary/aromatic N) is 3. The van der Waals surface area contributed by atoms with Crippen LogP contribution in [0.3, 0.4) is 0 Å². The molecule has 2 aromatic rings. The lowest BCUT2D eigenvalue weighted by Gasteiger charge is -2.36. The molecule has 5 N–H and O–H groups in total. The van der Waals surface area contributed by atoms with Gasteiger partial charge in [0.25, 0.3) is 5.91 Å². The summed E-state index contributed by atoms with van der Waals surface area (Å²) in [7, 11) is 1.68. The van der Waals surface area contributed by atoms with Crippen molar-refractivity contribution in [2.75, 3.05) is 35.7 Å². The van der Waals surface area contributed by atoms with Crippen molar-refractivity contribution in [3.05, 3.63) is 36.0 Å². The molecular formula is C22H29N7O2. The Morgan fingerprint density at radius 2 is 1.94 bits per heavy atom. The lowest BCUT2D eigenvalue weighted by molar-refractivity contribution is -0.122. The fraction of sp³-hybridized carbons (Fsp3) is 0.455. The average Bonchev–Trinajstić information content (AvgIpc) is 3.62. The Bertz CT molecular complexity index is 943. The standard InChI is InChI=1S/C22H29N7O2/c1-24-21(31)18-4-2-3-11-29(18)16-9-7-15(8-10-16)27-22-26-13-17(19(23)30)20(28-22)25-12-14-5-6-14/h7-10,13-14,18H,2-6,11-12H2,1H3,(H2,23,30)(H,24,31)(H2,25,26,27,28)/t18-/m0/s1. The van der Waals surface area contributed by atoms with E-state index in [1.165, 1.54) is 19.0 Å². The third-order valence-electron chi connectivity index (χ3n) is 5.82. The van der Waals surface area contributed by atoms with Gasteiger partial charge in [-0.15, -0.1) is 0 Å². The Morgan fingerprint density at radius 3 is 2.61 bits per heavy atom. The van der Waals surface area contributed by atoms with Gasteiger partial charge in [-0.05, 0) is 62.3 Å². The number of aromatic nitrogens is 2. The van der Waals surface area contributed by atoms with E-state index in [-0.39, 0.29) is 17.5 Å². The molecule has 2 heterocycles. The molecule has 4 rings (SSSR count). The number of nitrogens with two attached hydrogens (primary N) is 1. The molecule has 0 bridgehead atoms. The summed E-state index contributed by atoms with van der Waals surface area (Å²) in [6, 6.07) is 7.73. The number of primary amides is 1. The van der Waals surface area contributed by atoms with Gasteiger partial charge in [0.2, 0.25) is 11.9 Å². The van der Waals surface area contributed by atoms with Crippen LogP contribution in [0.15, 0.2) is 30.5 Å². The first-order valence-corrected chi connectivity index (χ1v) is 10.8. The zero-order valence-electron chi connectivity index (χ0n) is 17.7. The van der Waals surface area contributed by atoms with Crippen molar-refractivity contribution in [1.29, 1.82) is 0 Å². The van der Waals surface area contributed by atoms with E-state index in [4.69, 9.17) is 5.73 Å². The maximum atomic E-state index is 12.2. The Kier molecular flexibility index (Phi) is 6.20. The molecule has 0 spiro atoms. The highest BCUT2D eigenvalue weighted by atomic mass is 16.2. The molecular weight excluding hydrogens is 394 g/mol. The number of hydrogen-bond donors (Lipinski definition) is 4. The Balaban J connectivity index is 1.47. The molecule has 1 saturated heterocycles. The first-order chi connectivity index (χ1) is 15.0. The molecule has 2 amide bonds. The van der Waals surface area contributed by atoms with Gasteiger partial charge in [0.05, 0.1) is 5.56 Å². The fourth-order valence-corrected chi connectivity index (χ4v) is 3.87. The highest BCUT2D eigenvalue weighted by molar-refractivity contribution is 5.97. The van der Waals surface area contributed by atoms with Gasteiger partial charge in [-0.25, -0.2) is 4.98 Å². The van der Waals surface area contributed by atoms with Gasteiger partial charge in [0.1, 0.15) is 11.9 Å². The van der Waals surface area contributed by atoms with Gasteiger partial charge >= 0.3 is 0 Å². The van der Waals surface area contributed by atoms with Gasteiger partial charge in [0.15, 0.2) is 0 Å². The molecule has 1 aliphatic heterocycles. The summed E-state index contributed by atoms with van der Waals surface area (Å²) in [4.78, 5) is 34.8. The van der Waals surface area contributed by atoms with E-state index in [1.54, 1.807) is 7.05 Å². The summed E-state index contributed by atoms with van der Waals surface area (Å²) >= 11 is 0. The van der Waals surface area contributed by atoms with E-state index >= 15 is 0 Å². The lowest BCUT2D eigenvalue weighted by atomic mass is 10.0. The molecule has 31 heavy (non-hydrogen) atoms. The van der Waals surface area contributed by atoms with E-state index in [0.717, 1.165) is 43.7 Å². The number of nitrogens with one attached hydrogen (secondary N) is 3. The van der Waals surface area contributed by atoms with Gasteiger partial charge < -0.3 is 26.6 Å². The van der Waals surface area contributed by atoms with Crippen LogP contribution in [-0.4, -0.2) is 48.0 Å². The van der Waals surface area contributed by atoms with Crippen molar-refractivity contribution in [2.24, 2.45) is 11.7 Å². The van der Waals surface area contributed by atoms with E-state index in [0.29, 0.717) is 17.7 Å². The summed E-state index contributed by atoms with van der Waals surface area (Å²) in [6.45, 7) is 1.63. The van der Waals surface area contributed by atoms with Crippen LogP contribution in [0, 0.1) is 5.92 Å². The molecule has 1 aliphatic carbocycles. The van der Waals surface area contributed by atoms with Crippen LogP contribution >= 0.6 is 0 Å². The lowest BCUT2D eigenvalue weighted by Crippen LogP contribution is -2.48. The van der Waals surface area contributed by atoms with E-state index in [9.17, 15) is 9.59 Å². The second-order valence-electron chi connectivity index (χ2n) is 8.14. The number of amides is 2. The highest BCUT2D eigenvalue weighted by Crippen LogP contribution is 2.30. The maximum Gasteiger partial charge on any atom is 0.254 e. The average molecular weight is 424 g/mol. The SMILES string of the molecule is CNC(=O)[C@@H]1CCCCN1c1ccc(Nc2ncc(C(N)=O)c(NCC3CC3)n2)cc1. The van der Waals surface area contributed by atoms with Crippen LogP contribution in [0.1, 0.15) is 42.5 Å². The second kappa shape index (κ2) is 9.20. The largest absolute Gasteiger partial charge is 0.369 e. The number of hydrogen-bond acceptors (Lipinski definition) is 7. The molecule has 9 heteroatoms. The zero-order valence-corrected chi connectivity index (χ0v) is 17.7. The van der Waals surface area contributed by atoms with Crippen molar-refractivity contribution in [2.45, 2.75) is 38.1 Å². The monoisotopic (exact) mass is 423 g/mol. The molecule has 2 fully saturated rings. The van der Waals surface area contributed by atoms with Crippen LogP contribution in [0.25, 0.3) is 0 Å². The van der Waals surface area contributed by atoms with E-state index in [1.807, 2.05) is 24.3 Å².